The molecule has 4 heteroatoms. The van der Waals surface area contributed by atoms with E-state index < -0.39 is 0 Å². The number of rotatable bonds is 7. The van der Waals surface area contributed by atoms with E-state index in [-0.39, 0.29) is 0 Å². The van der Waals surface area contributed by atoms with E-state index in [1.807, 2.05) is 17.4 Å². The highest BCUT2D eigenvalue weighted by molar-refractivity contribution is 7.26. The SMILES string of the molecule is c1ccc(-c2ccc(N(c3cc(N(c4ccccc4)c4ccccc4)c4c(c3)sc3c5ccccc5ccc34)c3cccc4oc5ccccc5c34)cc2)cc1. The molecule has 0 aliphatic heterocycles. The lowest BCUT2D eigenvalue weighted by atomic mass is 10.0. The Bertz CT molecular complexity index is 3150. The molecule has 0 fully saturated rings. The van der Waals surface area contributed by atoms with Gasteiger partial charge in [-0.2, -0.15) is 0 Å². The summed E-state index contributed by atoms with van der Waals surface area (Å²) < 4.78 is 9.00. The molecule has 0 bridgehead atoms. The van der Waals surface area contributed by atoms with Crippen LogP contribution >= 0.6 is 11.3 Å². The van der Waals surface area contributed by atoms with Crippen LogP contribution in [0.1, 0.15) is 0 Å². The molecule has 3 nitrogen and oxygen atoms in total. The molecule has 264 valence electrons. The van der Waals surface area contributed by atoms with Crippen molar-refractivity contribution in [2.75, 3.05) is 9.80 Å². The second-order valence-electron chi connectivity index (χ2n) is 14.1. The van der Waals surface area contributed by atoms with Gasteiger partial charge in [0.1, 0.15) is 11.2 Å². The van der Waals surface area contributed by atoms with Gasteiger partial charge in [-0.1, -0.05) is 140 Å². The van der Waals surface area contributed by atoms with Gasteiger partial charge < -0.3 is 14.2 Å². The monoisotopic (exact) mass is 734 g/mol. The molecule has 0 saturated carbocycles. The summed E-state index contributed by atoms with van der Waals surface area (Å²) in [7, 11) is 0. The summed E-state index contributed by atoms with van der Waals surface area (Å²) in [5.74, 6) is 0. The van der Waals surface area contributed by atoms with Gasteiger partial charge in [0.05, 0.1) is 16.8 Å². The first kappa shape index (κ1) is 32.3. The van der Waals surface area contributed by atoms with Gasteiger partial charge in [-0.3, -0.25) is 0 Å². The molecule has 0 N–H and O–H groups in total. The van der Waals surface area contributed by atoms with Crippen LogP contribution in [0.3, 0.4) is 0 Å². The normalized spacial score (nSPS) is 11.6. The average Bonchev–Trinajstić information content (AvgIpc) is 3.85. The van der Waals surface area contributed by atoms with Crippen molar-refractivity contribution in [3.05, 3.63) is 206 Å². The van der Waals surface area contributed by atoms with Gasteiger partial charge in [0, 0.05) is 48.3 Å². The van der Waals surface area contributed by atoms with Crippen molar-refractivity contribution in [2.45, 2.75) is 0 Å². The number of furan rings is 1. The molecule has 0 radical (unpaired) electrons. The summed E-state index contributed by atoms with van der Waals surface area (Å²) in [5.41, 5.74) is 10.6. The number of thiophene rings is 1. The third-order valence-corrected chi connectivity index (χ3v) is 12.0. The zero-order valence-electron chi connectivity index (χ0n) is 30.3. The third kappa shape index (κ3) is 5.34. The number of benzene rings is 9. The topological polar surface area (TPSA) is 19.6 Å². The molecule has 11 aromatic rings. The fourth-order valence-corrected chi connectivity index (χ4v) is 9.58. The summed E-state index contributed by atoms with van der Waals surface area (Å²) in [6.45, 7) is 0. The second-order valence-corrected chi connectivity index (χ2v) is 15.2. The van der Waals surface area contributed by atoms with Crippen molar-refractivity contribution in [3.8, 4) is 11.1 Å². The molecule has 0 saturated heterocycles. The van der Waals surface area contributed by atoms with Crippen LogP contribution in [0.5, 0.6) is 0 Å². The number of hydrogen-bond acceptors (Lipinski definition) is 4. The standard InChI is InChI=1S/C52H34N2OS/c1-4-15-35(16-5-1)36-27-30-40(31-28-36)54(45-24-14-26-48-50(45)43-23-12-13-25-47(43)55-48)41-33-46(53(38-18-6-2-7-19-38)39-20-8-3-9-21-39)51-44-32-29-37-17-10-11-22-42(37)52(44)56-49(51)34-41/h1-34H. The van der Waals surface area contributed by atoms with Gasteiger partial charge in [-0.05, 0) is 88.6 Å². The van der Waals surface area contributed by atoms with Crippen molar-refractivity contribution < 1.29 is 4.42 Å². The molecule has 0 atom stereocenters. The molecule has 11 rings (SSSR count). The maximum Gasteiger partial charge on any atom is 0.137 e. The van der Waals surface area contributed by atoms with Crippen LogP contribution in [0.4, 0.5) is 34.1 Å². The molecule has 56 heavy (non-hydrogen) atoms. The molecule has 2 heterocycles. The minimum absolute atomic E-state index is 0.861. The number of nitrogens with zero attached hydrogens (tertiary/aromatic N) is 2. The minimum Gasteiger partial charge on any atom is -0.456 e. The van der Waals surface area contributed by atoms with Crippen molar-refractivity contribution in [1.29, 1.82) is 0 Å². The zero-order chi connectivity index (χ0) is 37.0. The quantitative estimate of drug-likeness (QED) is 0.163. The molecule has 2 aromatic heterocycles. The van der Waals surface area contributed by atoms with E-state index in [0.29, 0.717) is 0 Å². The fraction of sp³-hybridized carbons (Fsp3) is 0. The second kappa shape index (κ2) is 13.3. The lowest BCUT2D eigenvalue weighted by Gasteiger charge is -2.30. The Morgan fingerprint density at radius 1 is 0.357 bits per heavy atom. The van der Waals surface area contributed by atoms with E-state index in [9.17, 15) is 0 Å². The van der Waals surface area contributed by atoms with Crippen LogP contribution < -0.4 is 9.80 Å². The predicted octanol–water partition coefficient (Wildman–Crippen LogP) is 15.7. The largest absolute Gasteiger partial charge is 0.456 e. The van der Waals surface area contributed by atoms with Crippen LogP contribution in [0.15, 0.2) is 211 Å². The van der Waals surface area contributed by atoms with Crippen LogP contribution in [0, 0.1) is 0 Å². The van der Waals surface area contributed by atoms with Crippen LogP contribution in [0.25, 0.3) is 64.0 Å². The lowest BCUT2D eigenvalue weighted by Crippen LogP contribution is -2.13. The minimum atomic E-state index is 0.861. The molecule has 0 aliphatic rings. The maximum atomic E-state index is 6.49. The third-order valence-electron chi connectivity index (χ3n) is 10.8. The molecule has 9 aromatic carbocycles. The first-order valence-corrected chi connectivity index (χ1v) is 19.7. The van der Waals surface area contributed by atoms with Gasteiger partial charge >= 0.3 is 0 Å². The zero-order valence-corrected chi connectivity index (χ0v) is 31.2. The smallest absolute Gasteiger partial charge is 0.137 e. The summed E-state index contributed by atoms with van der Waals surface area (Å²) in [5, 5.41) is 7.18. The van der Waals surface area contributed by atoms with E-state index in [1.165, 1.54) is 42.1 Å². The van der Waals surface area contributed by atoms with E-state index in [2.05, 4.69) is 210 Å². The molecule has 0 spiro atoms. The number of anilines is 6. The van der Waals surface area contributed by atoms with E-state index >= 15 is 0 Å². The Kier molecular flexibility index (Phi) is 7.68. The molecule has 0 amide bonds. The average molecular weight is 735 g/mol. The van der Waals surface area contributed by atoms with Gasteiger partial charge in [0.25, 0.3) is 0 Å². The Labute approximate surface area is 328 Å². The summed E-state index contributed by atoms with van der Waals surface area (Å²) in [6.07, 6.45) is 0. The fourth-order valence-electron chi connectivity index (χ4n) is 8.29. The van der Waals surface area contributed by atoms with Gasteiger partial charge in [-0.25, -0.2) is 0 Å². The molecule has 0 aliphatic carbocycles. The highest BCUT2D eigenvalue weighted by Gasteiger charge is 2.25. The van der Waals surface area contributed by atoms with E-state index in [0.717, 1.165) is 56.1 Å². The first-order chi connectivity index (χ1) is 27.8. The Morgan fingerprint density at radius 3 is 1.70 bits per heavy atom. The predicted molar refractivity (Wildman–Crippen MR) is 239 cm³/mol. The van der Waals surface area contributed by atoms with Crippen molar-refractivity contribution >= 4 is 98.3 Å². The first-order valence-electron chi connectivity index (χ1n) is 18.9. The number of hydrogen-bond donors (Lipinski definition) is 0. The Balaban J connectivity index is 1.24. The van der Waals surface area contributed by atoms with Crippen LogP contribution in [-0.4, -0.2) is 0 Å². The number of fused-ring (bicyclic) bond motifs is 8. The highest BCUT2D eigenvalue weighted by atomic mass is 32.1. The van der Waals surface area contributed by atoms with Crippen molar-refractivity contribution in [3.63, 3.8) is 0 Å². The summed E-state index contributed by atoms with van der Waals surface area (Å²) in [6, 6.07) is 73.9. The van der Waals surface area contributed by atoms with Crippen LogP contribution in [0.2, 0.25) is 0 Å². The van der Waals surface area contributed by atoms with Gasteiger partial charge in [0.15, 0.2) is 0 Å². The van der Waals surface area contributed by atoms with Crippen LogP contribution in [-0.2, 0) is 0 Å². The Morgan fingerprint density at radius 2 is 0.946 bits per heavy atom. The molecule has 0 unspecified atom stereocenters. The number of para-hydroxylation sites is 3. The summed E-state index contributed by atoms with van der Waals surface area (Å²) >= 11 is 1.87. The van der Waals surface area contributed by atoms with E-state index in [4.69, 9.17) is 4.42 Å². The highest BCUT2D eigenvalue weighted by Crippen LogP contribution is 2.51. The van der Waals surface area contributed by atoms with Crippen molar-refractivity contribution in [1.82, 2.24) is 0 Å². The van der Waals surface area contributed by atoms with Gasteiger partial charge in [0.2, 0.25) is 0 Å². The molecular formula is C52H34N2OS. The lowest BCUT2D eigenvalue weighted by molar-refractivity contribution is 0.669. The van der Waals surface area contributed by atoms with Crippen molar-refractivity contribution in [2.24, 2.45) is 0 Å². The maximum absolute atomic E-state index is 6.49. The van der Waals surface area contributed by atoms with E-state index in [1.54, 1.807) is 0 Å². The summed E-state index contributed by atoms with van der Waals surface area (Å²) in [4.78, 5) is 4.83. The molecular weight excluding hydrogens is 701 g/mol. The van der Waals surface area contributed by atoms with Gasteiger partial charge in [-0.15, -0.1) is 11.3 Å². The Hall–Kier alpha value is -7.14.